The Labute approximate surface area is 79.8 Å². The number of likely N-dealkylation sites (N-methyl/N-ethyl adjacent to an activating group) is 1. The molecule has 1 unspecified atom stereocenters. The maximum absolute atomic E-state index is 11.5. The Morgan fingerprint density at radius 2 is 2.38 bits per heavy atom. The van der Waals surface area contributed by atoms with Crippen molar-refractivity contribution in [2.45, 2.75) is 25.8 Å². The topological polar surface area (TPSA) is 32.3 Å². The van der Waals surface area contributed by atoms with Gasteiger partial charge in [0.15, 0.2) is 0 Å². The van der Waals surface area contributed by atoms with Crippen LogP contribution < -0.4 is 5.32 Å². The Bertz CT molecular complexity index is 195. The maximum Gasteiger partial charge on any atom is 0.246 e. The second kappa shape index (κ2) is 5.02. The second-order valence-corrected chi connectivity index (χ2v) is 3.45. The van der Waals surface area contributed by atoms with E-state index in [0.29, 0.717) is 6.04 Å². The van der Waals surface area contributed by atoms with Gasteiger partial charge in [-0.05, 0) is 32.4 Å². The Hall–Kier alpha value is -0.830. The smallest absolute Gasteiger partial charge is 0.246 e. The summed E-state index contributed by atoms with van der Waals surface area (Å²) >= 11 is 0. The van der Waals surface area contributed by atoms with Crippen LogP contribution in [0.15, 0.2) is 12.2 Å². The molecule has 3 heteroatoms. The molecule has 0 spiro atoms. The predicted octanol–water partition coefficient (Wildman–Crippen LogP) is 0.773. The van der Waals surface area contributed by atoms with Crippen molar-refractivity contribution in [1.82, 2.24) is 10.2 Å². The fourth-order valence-corrected chi connectivity index (χ4v) is 1.60. The van der Waals surface area contributed by atoms with Crippen molar-refractivity contribution in [3.05, 3.63) is 12.2 Å². The average molecular weight is 182 g/mol. The van der Waals surface area contributed by atoms with Gasteiger partial charge in [-0.1, -0.05) is 6.08 Å². The van der Waals surface area contributed by atoms with Crippen LogP contribution in [0.1, 0.15) is 19.8 Å². The van der Waals surface area contributed by atoms with E-state index in [1.165, 1.54) is 0 Å². The molecule has 0 saturated carbocycles. The molecule has 1 N–H and O–H groups in total. The van der Waals surface area contributed by atoms with Gasteiger partial charge >= 0.3 is 0 Å². The summed E-state index contributed by atoms with van der Waals surface area (Å²) in [5.74, 6) is 0.108. The minimum atomic E-state index is 0.108. The molecule has 1 amide bonds. The van der Waals surface area contributed by atoms with Gasteiger partial charge in [0, 0.05) is 19.6 Å². The summed E-state index contributed by atoms with van der Waals surface area (Å²) in [7, 11) is 1.88. The van der Waals surface area contributed by atoms with Gasteiger partial charge in [0.1, 0.15) is 0 Å². The summed E-state index contributed by atoms with van der Waals surface area (Å²) in [4.78, 5) is 13.3. The van der Waals surface area contributed by atoms with Crippen LogP contribution in [0.5, 0.6) is 0 Å². The Kier molecular flexibility index (Phi) is 3.96. The zero-order valence-corrected chi connectivity index (χ0v) is 8.42. The summed E-state index contributed by atoms with van der Waals surface area (Å²) in [5, 5.41) is 3.29. The highest BCUT2D eigenvalue weighted by atomic mass is 16.2. The van der Waals surface area contributed by atoms with Crippen molar-refractivity contribution >= 4 is 5.91 Å². The molecule has 13 heavy (non-hydrogen) atoms. The van der Waals surface area contributed by atoms with Gasteiger partial charge in [-0.25, -0.2) is 0 Å². The van der Waals surface area contributed by atoms with E-state index in [9.17, 15) is 4.79 Å². The molecule has 0 aromatic carbocycles. The molecule has 0 aromatic heterocycles. The first-order valence-corrected chi connectivity index (χ1v) is 4.86. The predicted molar refractivity (Wildman–Crippen MR) is 53.5 cm³/mol. The summed E-state index contributed by atoms with van der Waals surface area (Å²) in [5.41, 5.74) is 0. The van der Waals surface area contributed by atoms with Gasteiger partial charge in [0.05, 0.1) is 0 Å². The van der Waals surface area contributed by atoms with E-state index in [1.807, 2.05) is 18.9 Å². The van der Waals surface area contributed by atoms with E-state index in [-0.39, 0.29) is 5.91 Å². The van der Waals surface area contributed by atoms with Gasteiger partial charge in [-0.2, -0.15) is 0 Å². The van der Waals surface area contributed by atoms with Crippen molar-refractivity contribution in [1.29, 1.82) is 0 Å². The number of nitrogens with zero attached hydrogens (tertiary/aromatic N) is 1. The minimum Gasteiger partial charge on any atom is -0.338 e. The molecule has 0 radical (unpaired) electrons. The highest BCUT2D eigenvalue weighted by molar-refractivity contribution is 5.87. The van der Waals surface area contributed by atoms with Crippen LogP contribution in [0.4, 0.5) is 0 Å². The van der Waals surface area contributed by atoms with E-state index in [0.717, 1.165) is 25.9 Å². The number of hydrogen-bond donors (Lipinski definition) is 1. The van der Waals surface area contributed by atoms with Crippen molar-refractivity contribution in [2.75, 3.05) is 20.1 Å². The van der Waals surface area contributed by atoms with Crippen molar-refractivity contribution < 1.29 is 4.79 Å². The van der Waals surface area contributed by atoms with E-state index in [1.54, 1.807) is 12.2 Å². The zero-order chi connectivity index (χ0) is 9.68. The van der Waals surface area contributed by atoms with Gasteiger partial charge < -0.3 is 10.2 Å². The lowest BCUT2D eigenvalue weighted by atomic mass is 10.1. The third-order valence-corrected chi connectivity index (χ3v) is 2.48. The molecule has 74 valence electrons. The Morgan fingerprint density at radius 3 is 2.92 bits per heavy atom. The van der Waals surface area contributed by atoms with Gasteiger partial charge in [0.2, 0.25) is 5.91 Å². The first kappa shape index (κ1) is 10.3. The molecular weight excluding hydrogens is 164 g/mol. The number of carbonyl (C=O) groups excluding carboxylic acids is 1. The van der Waals surface area contributed by atoms with E-state index < -0.39 is 0 Å². The van der Waals surface area contributed by atoms with Crippen LogP contribution in [0, 0.1) is 0 Å². The second-order valence-electron chi connectivity index (χ2n) is 3.45. The number of piperidine rings is 1. The average Bonchev–Trinajstić information content (AvgIpc) is 2.18. The molecule has 1 aliphatic heterocycles. The summed E-state index contributed by atoms with van der Waals surface area (Å²) in [6.07, 6.45) is 5.69. The molecule has 0 bridgehead atoms. The van der Waals surface area contributed by atoms with E-state index >= 15 is 0 Å². The Morgan fingerprint density at radius 1 is 1.62 bits per heavy atom. The maximum atomic E-state index is 11.5. The van der Waals surface area contributed by atoms with E-state index in [4.69, 9.17) is 0 Å². The quantitative estimate of drug-likeness (QED) is 0.640. The highest BCUT2D eigenvalue weighted by Crippen LogP contribution is 2.08. The fourth-order valence-electron chi connectivity index (χ4n) is 1.60. The lowest BCUT2D eigenvalue weighted by Crippen LogP contribution is -2.46. The van der Waals surface area contributed by atoms with Crippen LogP contribution in [-0.2, 0) is 4.79 Å². The molecular formula is C10H18N2O. The largest absolute Gasteiger partial charge is 0.338 e. The molecule has 1 rings (SSSR count). The molecule has 1 heterocycles. The van der Waals surface area contributed by atoms with Gasteiger partial charge in [0.25, 0.3) is 0 Å². The van der Waals surface area contributed by atoms with Crippen molar-refractivity contribution in [2.24, 2.45) is 0 Å². The number of nitrogens with one attached hydrogen (secondary N) is 1. The monoisotopic (exact) mass is 182 g/mol. The summed E-state index contributed by atoms with van der Waals surface area (Å²) in [6.45, 7) is 3.88. The van der Waals surface area contributed by atoms with Crippen LogP contribution in [0.3, 0.4) is 0 Å². The SMILES string of the molecule is CC=CC(=O)N(C)C1CCCNC1. The van der Waals surface area contributed by atoms with Gasteiger partial charge in [-0.15, -0.1) is 0 Å². The number of allylic oxidation sites excluding steroid dienone is 1. The van der Waals surface area contributed by atoms with Crippen LogP contribution in [0.25, 0.3) is 0 Å². The normalized spacial score (nSPS) is 23.4. The highest BCUT2D eigenvalue weighted by Gasteiger charge is 2.19. The standard InChI is InChI=1S/C10H18N2O/c1-3-5-10(13)12(2)9-6-4-7-11-8-9/h3,5,9,11H,4,6-8H2,1-2H3. The number of amides is 1. The summed E-state index contributed by atoms with van der Waals surface area (Å²) in [6, 6.07) is 0.373. The third-order valence-electron chi connectivity index (χ3n) is 2.48. The van der Waals surface area contributed by atoms with Crippen molar-refractivity contribution in [3.8, 4) is 0 Å². The minimum absolute atomic E-state index is 0.108. The summed E-state index contributed by atoms with van der Waals surface area (Å²) < 4.78 is 0. The van der Waals surface area contributed by atoms with E-state index in [2.05, 4.69) is 5.32 Å². The number of hydrogen-bond acceptors (Lipinski definition) is 2. The first-order valence-electron chi connectivity index (χ1n) is 4.86. The Balaban J connectivity index is 2.44. The lowest BCUT2D eigenvalue weighted by Gasteiger charge is -2.30. The van der Waals surface area contributed by atoms with Crippen LogP contribution >= 0.6 is 0 Å². The fraction of sp³-hybridized carbons (Fsp3) is 0.700. The van der Waals surface area contributed by atoms with Gasteiger partial charge in [-0.3, -0.25) is 4.79 Å². The number of rotatable bonds is 2. The molecule has 1 fully saturated rings. The van der Waals surface area contributed by atoms with Crippen molar-refractivity contribution in [3.63, 3.8) is 0 Å². The molecule has 1 atom stereocenters. The van der Waals surface area contributed by atoms with Crippen LogP contribution in [-0.4, -0.2) is 37.0 Å². The molecule has 0 aromatic rings. The lowest BCUT2D eigenvalue weighted by molar-refractivity contribution is -0.127. The first-order chi connectivity index (χ1) is 6.25. The molecule has 1 aliphatic rings. The molecule has 1 saturated heterocycles. The molecule has 3 nitrogen and oxygen atoms in total. The number of carbonyl (C=O) groups is 1. The zero-order valence-electron chi connectivity index (χ0n) is 8.42. The van der Waals surface area contributed by atoms with Crippen LogP contribution in [0.2, 0.25) is 0 Å². The third kappa shape index (κ3) is 2.84. The molecule has 0 aliphatic carbocycles.